The van der Waals surface area contributed by atoms with E-state index in [0.717, 1.165) is 18.4 Å². The number of aliphatic hydroxyl groups is 2. The first kappa shape index (κ1) is 18.4. The lowest BCUT2D eigenvalue weighted by atomic mass is 9.88. The smallest absolute Gasteiger partial charge is 0.227 e. The molecule has 1 aliphatic heterocycles. The van der Waals surface area contributed by atoms with Crippen molar-refractivity contribution in [2.24, 2.45) is 0 Å². The molecule has 3 rings (SSSR count). The number of amides is 1. The minimum atomic E-state index is -1.26. The Kier molecular flexibility index (Phi) is 6.10. The topological polar surface area (TPSA) is 72.8 Å². The zero-order chi connectivity index (χ0) is 17.7. The fourth-order valence-electron chi connectivity index (χ4n) is 3.96. The molecular formula is C20H30N2O3. The third-order valence-electron chi connectivity index (χ3n) is 5.61. The number of aliphatic hydroxyl groups excluding tert-OH is 1. The first-order valence-corrected chi connectivity index (χ1v) is 9.52. The van der Waals surface area contributed by atoms with Crippen LogP contribution >= 0.6 is 0 Å². The van der Waals surface area contributed by atoms with Crippen LogP contribution in [-0.4, -0.2) is 58.4 Å². The number of piperidine rings is 1. The largest absolute Gasteiger partial charge is 0.390 e. The van der Waals surface area contributed by atoms with Crippen molar-refractivity contribution in [3.63, 3.8) is 0 Å². The zero-order valence-corrected chi connectivity index (χ0v) is 14.9. The molecule has 0 radical (unpaired) electrons. The number of nitrogens with zero attached hydrogens (tertiary/aromatic N) is 1. The molecule has 3 N–H and O–H groups in total. The van der Waals surface area contributed by atoms with Gasteiger partial charge in [0, 0.05) is 19.1 Å². The van der Waals surface area contributed by atoms with E-state index in [1.165, 1.54) is 19.3 Å². The van der Waals surface area contributed by atoms with E-state index in [2.05, 4.69) is 5.32 Å². The SMILES string of the molecule is O=C(Cc1ccccc1)N1CC[C@H](O)[C@@](O)(CNC2CCCCC2)C1. The third kappa shape index (κ3) is 4.81. The summed E-state index contributed by atoms with van der Waals surface area (Å²) < 4.78 is 0. The summed E-state index contributed by atoms with van der Waals surface area (Å²) in [5.74, 6) is 0.00851. The highest BCUT2D eigenvalue weighted by molar-refractivity contribution is 5.79. The van der Waals surface area contributed by atoms with E-state index >= 15 is 0 Å². The van der Waals surface area contributed by atoms with Crippen molar-refractivity contribution in [1.29, 1.82) is 0 Å². The van der Waals surface area contributed by atoms with Crippen LogP contribution in [0.5, 0.6) is 0 Å². The van der Waals surface area contributed by atoms with E-state index < -0.39 is 11.7 Å². The average Bonchev–Trinajstić information content (AvgIpc) is 2.64. The Morgan fingerprint density at radius 3 is 2.60 bits per heavy atom. The lowest BCUT2D eigenvalue weighted by molar-refractivity contribution is -0.150. The number of likely N-dealkylation sites (tertiary alicyclic amines) is 1. The van der Waals surface area contributed by atoms with Crippen molar-refractivity contribution >= 4 is 5.91 Å². The van der Waals surface area contributed by atoms with Crippen molar-refractivity contribution in [3.8, 4) is 0 Å². The summed E-state index contributed by atoms with van der Waals surface area (Å²) in [6.45, 7) is 1.03. The summed E-state index contributed by atoms with van der Waals surface area (Å²) in [6, 6.07) is 10.1. The Bertz CT molecular complexity index is 559. The molecule has 1 aromatic carbocycles. The van der Waals surface area contributed by atoms with Crippen LogP contribution in [0.25, 0.3) is 0 Å². The Hall–Kier alpha value is -1.43. The molecular weight excluding hydrogens is 316 g/mol. The predicted molar refractivity (Wildman–Crippen MR) is 97.2 cm³/mol. The number of carbonyl (C=O) groups is 1. The molecule has 0 spiro atoms. The van der Waals surface area contributed by atoms with E-state index in [-0.39, 0.29) is 12.5 Å². The Morgan fingerprint density at radius 2 is 1.88 bits per heavy atom. The minimum absolute atomic E-state index is 0.00851. The number of hydrogen-bond donors (Lipinski definition) is 3. The third-order valence-corrected chi connectivity index (χ3v) is 5.61. The van der Waals surface area contributed by atoms with E-state index in [1.807, 2.05) is 30.3 Å². The number of carbonyl (C=O) groups excluding carboxylic acids is 1. The number of benzene rings is 1. The van der Waals surface area contributed by atoms with Crippen molar-refractivity contribution in [1.82, 2.24) is 10.2 Å². The van der Waals surface area contributed by atoms with Gasteiger partial charge < -0.3 is 20.4 Å². The molecule has 5 nitrogen and oxygen atoms in total. The van der Waals surface area contributed by atoms with Crippen LogP contribution in [0.4, 0.5) is 0 Å². The monoisotopic (exact) mass is 346 g/mol. The summed E-state index contributed by atoms with van der Waals surface area (Å²) in [5.41, 5.74) is -0.287. The maximum absolute atomic E-state index is 12.6. The molecule has 1 saturated heterocycles. The molecule has 1 aliphatic carbocycles. The van der Waals surface area contributed by atoms with Crippen LogP contribution in [-0.2, 0) is 11.2 Å². The first-order valence-electron chi connectivity index (χ1n) is 9.52. The second-order valence-corrected chi connectivity index (χ2v) is 7.60. The highest BCUT2D eigenvalue weighted by Crippen LogP contribution is 2.24. The molecule has 5 heteroatoms. The van der Waals surface area contributed by atoms with Gasteiger partial charge in [0.1, 0.15) is 5.60 Å². The number of β-amino-alcohol motifs (C(OH)–C–C–N with tert-alkyl or cyclic N) is 1. The molecule has 1 aromatic rings. The second-order valence-electron chi connectivity index (χ2n) is 7.60. The highest BCUT2D eigenvalue weighted by atomic mass is 16.3. The molecule has 2 atom stereocenters. The van der Waals surface area contributed by atoms with Gasteiger partial charge in [-0.2, -0.15) is 0 Å². The van der Waals surface area contributed by atoms with Gasteiger partial charge in [0.2, 0.25) is 5.91 Å². The van der Waals surface area contributed by atoms with Gasteiger partial charge in [0.25, 0.3) is 0 Å². The van der Waals surface area contributed by atoms with Gasteiger partial charge in [-0.15, -0.1) is 0 Å². The summed E-state index contributed by atoms with van der Waals surface area (Å²) in [5, 5.41) is 24.7. The van der Waals surface area contributed by atoms with E-state index in [1.54, 1.807) is 4.90 Å². The minimum Gasteiger partial charge on any atom is -0.390 e. The first-order chi connectivity index (χ1) is 12.1. The Labute approximate surface area is 150 Å². The fraction of sp³-hybridized carbons (Fsp3) is 0.650. The van der Waals surface area contributed by atoms with Crippen LogP contribution < -0.4 is 5.32 Å². The molecule has 138 valence electrons. The predicted octanol–water partition coefficient (Wildman–Crippen LogP) is 1.48. The summed E-state index contributed by atoms with van der Waals surface area (Å²) in [7, 11) is 0. The van der Waals surface area contributed by atoms with Gasteiger partial charge in [-0.3, -0.25) is 4.79 Å². The summed E-state index contributed by atoms with van der Waals surface area (Å²) >= 11 is 0. The average molecular weight is 346 g/mol. The normalized spacial score (nSPS) is 28.1. The van der Waals surface area contributed by atoms with Gasteiger partial charge in [-0.1, -0.05) is 49.6 Å². The number of rotatable bonds is 5. The van der Waals surface area contributed by atoms with Gasteiger partial charge in [0.05, 0.1) is 19.1 Å². The highest BCUT2D eigenvalue weighted by Gasteiger charge is 2.42. The maximum Gasteiger partial charge on any atom is 0.227 e. The number of nitrogens with one attached hydrogen (secondary N) is 1. The molecule has 0 unspecified atom stereocenters. The quantitative estimate of drug-likeness (QED) is 0.755. The lowest BCUT2D eigenvalue weighted by Gasteiger charge is -2.43. The van der Waals surface area contributed by atoms with Gasteiger partial charge in [0.15, 0.2) is 0 Å². The van der Waals surface area contributed by atoms with E-state index in [4.69, 9.17) is 0 Å². The molecule has 2 fully saturated rings. The van der Waals surface area contributed by atoms with Crippen LogP contribution in [0.15, 0.2) is 30.3 Å². The molecule has 1 amide bonds. The maximum atomic E-state index is 12.6. The van der Waals surface area contributed by atoms with Gasteiger partial charge in [-0.25, -0.2) is 0 Å². The van der Waals surface area contributed by atoms with Crippen LogP contribution in [0, 0.1) is 0 Å². The fourth-order valence-corrected chi connectivity index (χ4v) is 3.96. The molecule has 1 heterocycles. The Morgan fingerprint density at radius 1 is 1.16 bits per heavy atom. The molecule has 25 heavy (non-hydrogen) atoms. The zero-order valence-electron chi connectivity index (χ0n) is 14.9. The lowest BCUT2D eigenvalue weighted by Crippen LogP contribution is -2.63. The summed E-state index contributed by atoms with van der Waals surface area (Å²) in [6.07, 6.45) is 5.95. The summed E-state index contributed by atoms with van der Waals surface area (Å²) in [4.78, 5) is 14.3. The van der Waals surface area contributed by atoms with E-state index in [0.29, 0.717) is 32.0 Å². The molecule has 2 aliphatic rings. The van der Waals surface area contributed by atoms with Crippen molar-refractivity contribution < 1.29 is 15.0 Å². The van der Waals surface area contributed by atoms with Crippen LogP contribution in [0.2, 0.25) is 0 Å². The standard InChI is InChI=1S/C20H30N2O3/c23-18-11-12-22(19(24)13-16-7-3-1-4-8-16)15-20(18,25)14-21-17-9-5-2-6-10-17/h1,3-4,7-8,17-18,21,23,25H,2,5-6,9-15H2/t18-,20+/m0/s1. The van der Waals surface area contributed by atoms with Gasteiger partial charge >= 0.3 is 0 Å². The molecule has 0 aromatic heterocycles. The van der Waals surface area contributed by atoms with Crippen molar-refractivity contribution in [2.45, 2.75) is 62.7 Å². The van der Waals surface area contributed by atoms with Crippen LogP contribution in [0.1, 0.15) is 44.1 Å². The number of hydrogen-bond acceptors (Lipinski definition) is 4. The van der Waals surface area contributed by atoms with Crippen molar-refractivity contribution in [3.05, 3.63) is 35.9 Å². The van der Waals surface area contributed by atoms with Crippen LogP contribution in [0.3, 0.4) is 0 Å². The van der Waals surface area contributed by atoms with Crippen molar-refractivity contribution in [2.75, 3.05) is 19.6 Å². The Balaban J connectivity index is 1.56. The molecule has 0 bridgehead atoms. The van der Waals surface area contributed by atoms with Gasteiger partial charge in [-0.05, 0) is 24.8 Å². The molecule has 1 saturated carbocycles. The van der Waals surface area contributed by atoms with E-state index in [9.17, 15) is 15.0 Å². The second kappa shape index (κ2) is 8.30.